The fourth-order valence-corrected chi connectivity index (χ4v) is 4.14. The molecule has 1 amide bonds. The molecule has 4 nitrogen and oxygen atoms in total. The maximum Gasteiger partial charge on any atom is 0.416 e. The summed E-state index contributed by atoms with van der Waals surface area (Å²) in [4.78, 5) is 17.7. The molecule has 1 aromatic carbocycles. The number of halogens is 5. The first-order valence-corrected chi connectivity index (χ1v) is 10.1. The van der Waals surface area contributed by atoms with Crippen LogP contribution in [-0.2, 0) is 12.6 Å². The van der Waals surface area contributed by atoms with E-state index >= 15 is 0 Å². The van der Waals surface area contributed by atoms with E-state index in [1.807, 2.05) is 0 Å². The maximum absolute atomic E-state index is 12.9. The predicted octanol–water partition coefficient (Wildman–Crippen LogP) is 6.56. The van der Waals surface area contributed by atoms with Crippen LogP contribution in [0.3, 0.4) is 0 Å². The van der Waals surface area contributed by atoms with Crippen molar-refractivity contribution >= 4 is 33.9 Å². The molecule has 2 heterocycles. The highest BCUT2D eigenvalue weighted by Gasteiger charge is 2.30. The fraction of sp³-hybridized carbons (Fsp3) is 0.211. The van der Waals surface area contributed by atoms with Crippen molar-refractivity contribution in [2.75, 3.05) is 5.32 Å². The molecule has 0 fully saturated rings. The topological polar surface area (TPSA) is 54.9 Å². The van der Waals surface area contributed by atoms with Gasteiger partial charge in [0, 0.05) is 27.7 Å². The molecule has 0 spiro atoms. The Kier molecular flexibility index (Phi) is 6.32. The number of aryl methyl sites for hydroxylation is 1. The Hall–Kier alpha value is -2.66. The number of hydrogen-bond donors (Lipinski definition) is 1. The number of alkyl halides is 3. The van der Waals surface area contributed by atoms with Crippen LogP contribution in [0.4, 0.5) is 27.1 Å². The number of rotatable bonds is 5. The van der Waals surface area contributed by atoms with Crippen LogP contribution in [0.5, 0.6) is 0 Å². The van der Waals surface area contributed by atoms with Gasteiger partial charge in [0.05, 0.1) is 11.1 Å². The summed E-state index contributed by atoms with van der Waals surface area (Å²) in [7, 11) is 0. The van der Waals surface area contributed by atoms with E-state index in [0.717, 1.165) is 23.7 Å². The maximum atomic E-state index is 12.9. The molecule has 3 aromatic rings. The van der Waals surface area contributed by atoms with Crippen LogP contribution in [0.1, 0.15) is 33.5 Å². The average molecular weight is 459 g/mol. The Morgan fingerprint density at radius 2 is 1.93 bits per heavy atom. The number of allylic oxidation sites excluding steroid dienone is 1. The molecule has 3 rings (SSSR count). The fourth-order valence-electron chi connectivity index (χ4n) is 2.54. The minimum atomic E-state index is -4.46. The van der Waals surface area contributed by atoms with Crippen LogP contribution in [0.2, 0.25) is 0 Å². The lowest BCUT2D eigenvalue weighted by atomic mass is 10.1. The third-order valence-electron chi connectivity index (χ3n) is 4.07. The molecule has 0 aliphatic carbocycles. The zero-order chi connectivity index (χ0) is 22.1. The second-order valence-corrected chi connectivity index (χ2v) is 8.35. The smallest absolute Gasteiger partial charge is 0.297 e. The van der Waals surface area contributed by atoms with Gasteiger partial charge in [-0.05, 0) is 43.2 Å². The summed E-state index contributed by atoms with van der Waals surface area (Å²) in [5.41, 5.74) is -0.293. The summed E-state index contributed by atoms with van der Waals surface area (Å²) in [6, 6.07) is 6.38. The number of thiophene rings is 1. The van der Waals surface area contributed by atoms with Gasteiger partial charge in [-0.3, -0.25) is 10.1 Å². The minimum Gasteiger partial charge on any atom is -0.297 e. The molecule has 30 heavy (non-hydrogen) atoms. The van der Waals surface area contributed by atoms with E-state index in [0.29, 0.717) is 15.3 Å². The van der Waals surface area contributed by atoms with E-state index in [4.69, 9.17) is 0 Å². The Morgan fingerprint density at radius 1 is 1.20 bits per heavy atom. The molecule has 0 unspecified atom stereocenters. The van der Waals surface area contributed by atoms with Crippen molar-refractivity contribution in [3.8, 4) is 10.4 Å². The van der Waals surface area contributed by atoms with Crippen LogP contribution in [0, 0.1) is 6.92 Å². The van der Waals surface area contributed by atoms with E-state index in [2.05, 4.69) is 14.7 Å². The zero-order valence-electron chi connectivity index (χ0n) is 15.6. The molecule has 0 saturated carbocycles. The third kappa shape index (κ3) is 5.08. The lowest BCUT2D eigenvalue weighted by Gasteiger charge is -2.07. The van der Waals surface area contributed by atoms with Crippen molar-refractivity contribution in [1.82, 2.24) is 9.36 Å². The number of hydrogen-bond acceptors (Lipinski definition) is 5. The standard InChI is InChI=1S/C19H14F5N3OS2/c1-9(16(20)21)6-15-25-18(30-27-15)26-17(28)13-8-14(29-10(13)2)11-4-3-5-12(7-11)19(22,23)24/h3-5,7-8H,6H2,1-2H3,(H,25,26,27,28). The normalized spacial score (nSPS) is 11.4. The number of nitrogens with zero attached hydrogens (tertiary/aromatic N) is 2. The number of anilines is 1. The number of nitrogens with one attached hydrogen (secondary N) is 1. The van der Waals surface area contributed by atoms with Crippen LogP contribution in [-0.4, -0.2) is 15.3 Å². The molecule has 0 atom stereocenters. The van der Waals surface area contributed by atoms with Gasteiger partial charge >= 0.3 is 6.18 Å². The molecule has 1 N–H and O–H groups in total. The molecular formula is C19H14F5N3OS2. The van der Waals surface area contributed by atoms with Crippen molar-refractivity contribution in [3.05, 3.63) is 63.8 Å². The lowest BCUT2D eigenvalue weighted by Crippen LogP contribution is -2.11. The van der Waals surface area contributed by atoms with E-state index in [1.165, 1.54) is 30.4 Å². The molecule has 158 valence electrons. The van der Waals surface area contributed by atoms with Gasteiger partial charge in [-0.2, -0.15) is 26.3 Å². The average Bonchev–Trinajstić information content (AvgIpc) is 3.27. The first-order valence-electron chi connectivity index (χ1n) is 8.47. The van der Waals surface area contributed by atoms with Crippen LogP contribution in [0.25, 0.3) is 10.4 Å². The highest BCUT2D eigenvalue weighted by Crippen LogP contribution is 2.36. The molecule has 0 aliphatic rings. The van der Waals surface area contributed by atoms with Crippen molar-refractivity contribution in [2.45, 2.75) is 26.4 Å². The van der Waals surface area contributed by atoms with Crippen LogP contribution >= 0.6 is 22.9 Å². The monoisotopic (exact) mass is 459 g/mol. The van der Waals surface area contributed by atoms with Crippen molar-refractivity contribution < 1.29 is 26.7 Å². The van der Waals surface area contributed by atoms with Gasteiger partial charge in [-0.25, -0.2) is 4.98 Å². The van der Waals surface area contributed by atoms with Crippen molar-refractivity contribution in [2.24, 2.45) is 0 Å². The van der Waals surface area contributed by atoms with Gasteiger partial charge in [0.25, 0.3) is 12.0 Å². The van der Waals surface area contributed by atoms with Crippen molar-refractivity contribution in [1.29, 1.82) is 0 Å². The molecule has 2 aromatic heterocycles. The predicted molar refractivity (Wildman–Crippen MR) is 106 cm³/mol. The second-order valence-electron chi connectivity index (χ2n) is 6.35. The molecule has 0 aliphatic heterocycles. The van der Waals surface area contributed by atoms with Crippen LogP contribution in [0.15, 0.2) is 42.0 Å². The minimum absolute atomic E-state index is 0.133. The molecule has 0 radical (unpaired) electrons. The van der Waals surface area contributed by atoms with Gasteiger partial charge < -0.3 is 0 Å². The van der Waals surface area contributed by atoms with Crippen molar-refractivity contribution in [3.63, 3.8) is 0 Å². The van der Waals surface area contributed by atoms with E-state index in [-0.39, 0.29) is 28.5 Å². The SMILES string of the molecule is CC(Cc1nsc(NC(=O)c2cc(-c3cccc(C(F)(F)F)c3)sc2C)n1)=C(F)F. The van der Waals surface area contributed by atoms with E-state index < -0.39 is 23.7 Å². The Bertz CT molecular complexity index is 1110. The number of benzene rings is 1. The van der Waals surface area contributed by atoms with Gasteiger partial charge in [0.1, 0.15) is 5.82 Å². The summed E-state index contributed by atoms with van der Waals surface area (Å²) in [6.45, 7) is 2.94. The van der Waals surface area contributed by atoms with Gasteiger partial charge in [0.2, 0.25) is 5.13 Å². The van der Waals surface area contributed by atoms with E-state index in [1.54, 1.807) is 13.0 Å². The summed E-state index contributed by atoms with van der Waals surface area (Å²) in [5, 5.41) is 2.70. The number of amides is 1. The van der Waals surface area contributed by atoms with Gasteiger partial charge in [0.15, 0.2) is 0 Å². The molecule has 11 heteroatoms. The molecular weight excluding hydrogens is 445 g/mol. The Balaban J connectivity index is 1.78. The van der Waals surface area contributed by atoms with E-state index in [9.17, 15) is 26.7 Å². The largest absolute Gasteiger partial charge is 0.416 e. The first kappa shape index (κ1) is 22.0. The summed E-state index contributed by atoms with van der Waals surface area (Å²) in [5.74, 6) is -0.346. The summed E-state index contributed by atoms with van der Waals surface area (Å²) < 4.78 is 67.8. The zero-order valence-corrected chi connectivity index (χ0v) is 17.2. The van der Waals surface area contributed by atoms with Gasteiger partial charge in [-0.15, -0.1) is 11.3 Å². The Labute approximate surface area is 176 Å². The van der Waals surface area contributed by atoms with Crippen LogP contribution < -0.4 is 5.32 Å². The quantitative estimate of drug-likeness (QED) is 0.440. The Morgan fingerprint density at radius 3 is 2.60 bits per heavy atom. The summed E-state index contributed by atoms with van der Waals surface area (Å²) >= 11 is 2.05. The highest BCUT2D eigenvalue weighted by atomic mass is 32.1. The molecule has 0 saturated heterocycles. The lowest BCUT2D eigenvalue weighted by molar-refractivity contribution is -0.137. The highest BCUT2D eigenvalue weighted by molar-refractivity contribution is 7.15. The first-order chi connectivity index (χ1) is 14.0. The number of aromatic nitrogens is 2. The number of carbonyl (C=O) groups is 1. The molecule has 0 bridgehead atoms. The second kappa shape index (κ2) is 8.60. The number of carbonyl (C=O) groups excluding carboxylic acids is 1. The third-order valence-corrected chi connectivity index (χ3v) is 5.84. The van der Waals surface area contributed by atoms with Gasteiger partial charge in [-0.1, -0.05) is 12.1 Å². The summed E-state index contributed by atoms with van der Waals surface area (Å²) in [6.07, 6.45) is -6.39.